The number of hydrogen-bond acceptors (Lipinski definition) is 1. The zero-order valence-corrected chi connectivity index (χ0v) is 15.1. The molecule has 5 heteroatoms. The molecule has 3 aromatic carbocycles. The van der Waals surface area contributed by atoms with E-state index in [1.807, 2.05) is 36.4 Å². The minimum Gasteiger partial charge on any atom is -0.327 e. The first-order valence-corrected chi connectivity index (χ1v) is 9.02. The molecule has 4 rings (SSSR count). The van der Waals surface area contributed by atoms with Crippen molar-refractivity contribution in [2.45, 2.75) is 12.5 Å². The Balaban J connectivity index is 1.84. The van der Waals surface area contributed by atoms with E-state index >= 15 is 0 Å². The predicted octanol–water partition coefficient (Wildman–Crippen LogP) is 5.41. The number of hydrogen-bond donors (Lipinski definition) is 0. The second-order valence-electron chi connectivity index (χ2n) is 6.50. The van der Waals surface area contributed by atoms with Crippen LogP contribution >= 0.6 is 11.6 Å². The Morgan fingerprint density at radius 2 is 1.59 bits per heavy atom. The molecule has 0 N–H and O–H groups in total. The summed E-state index contributed by atoms with van der Waals surface area (Å²) < 4.78 is 28.5. The fraction of sp³-hybridized carbons (Fsp3) is 0.136. The number of benzene rings is 3. The zero-order chi connectivity index (χ0) is 19.0. The third kappa shape index (κ3) is 3.21. The highest BCUT2D eigenvalue weighted by Crippen LogP contribution is 2.36. The largest absolute Gasteiger partial charge is 0.327 e. The van der Waals surface area contributed by atoms with Gasteiger partial charge in [-0.25, -0.2) is 8.78 Å². The Hall–Kier alpha value is -2.72. The van der Waals surface area contributed by atoms with Gasteiger partial charge in [0.2, 0.25) is 0 Å². The molecule has 0 radical (unpaired) electrons. The number of carbonyl (C=O) groups excluding carboxylic acids is 1. The number of fused-ring (bicyclic) bond motifs is 1. The Labute approximate surface area is 161 Å². The highest BCUT2D eigenvalue weighted by atomic mass is 35.5. The Morgan fingerprint density at radius 1 is 0.926 bits per heavy atom. The molecule has 0 saturated heterocycles. The van der Waals surface area contributed by atoms with E-state index in [9.17, 15) is 13.6 Å². The lowest BCUT2D eigenvalue weighted by atomic mass is 9.87. The van der Waals surface area contributed by atoms with E-state index in [0.29, 0.717) is 18.0 Å². The molecular formula is C22H16ClF2NO. The number of carbonyl (C=O) groups is 1. The molecule has 0 aliphatic carbocycles. The third-order valence-corrected chi connectivity index (χ3v) is 5.16. The van der Waals surface area contributed by atoms with Gasteiger partial charge in [0.15, 0.2) is 0 Å². The second-order valence-corrected chi connectivity index (χ2v) is 6.93. The third-order valence-electron chi connectivity index (χ3n) is 4.91. The van der Waals surface area contributed by atoms with Crippen LogP contribution in [0, 0.1) is 11.6 Å². The molecule has 1 aliphatic heterocycles. The van der Waals surface area contributed by atoms with Gasteiger partial charge in [-0.15, -0.1) is 0 Å². The molecule has 0 spiro atoms. The normalized spacial score (nSPS) is 16.1. The monoisotopic (exact) mass is 383 g/mol. The summed E-state index contributed by atoms with van der Waals surface area (Å²) in [5.41, 5.74) is 2.40. The first kappa shape index (κ1) is 17.7. The van der Waals surface area contributed by atoms with Gasteiger partial charge in [0.1, 0.15) is 17.2 Å². The van der Waals surface area contributed by atoms with Gasteiger partial charge in [-0.3, -0.25) is 4.79 Å². The van der Waals surface area contributed by atoms with E-state index in [1.165, 1.54) is 11.0 Å². The van der Waals surface area contributed by atoms with Crippen molar-refractivity contribution in [2.24, 2.45) is 0 Å². The number of rotatable bonds is 2. The van der Waals surface area contributed by atoms with Gasteiger partial charge in [0.05, 0.1) is 6.04 Å². The highest BCUT2D eigenvalue weighted by molar-refractivity contribution is 6.30. The molecule has 0 bridgehead atoms. The van der Waals surface area contributed by atoms with Crippen LogP contribution in [-0.4, -0.2) is 17.4 Å². The van der Waals surface area contributed by atoms with Gasteiger partial charge in [-0.05, 0) is 47.4 Å². The quantitative estimate of drug-likeness (QED) is 0.579. The summed E-state index contributed by atoms with van der Waals surface area (Å²) in [4.78, 5) is 14.7. The number of amides is 1. The van der Waals surface area contributed by atoms with Gasteiger partial charge >= 0.3 is 0 Å². The van der Waals surface area contributed by atoms with Gasteiger partial charge in [-0.1, -0.05) is 54.1 Å². The van der Waals surface area contributed by atoms with Crippen molar-refractivity contribution in [3.63, 3.8) is 0 Å². The summed E-state index contributed by atoms with van der Waals surface area (Å²) in [7, 11) is 0. The van der Waals surface area contributed by atoms with Crippen molar-refractivity contribution in [3.05, 3.63) is 106 Å². The van der Waals surface area contributed by atoms with Crippen molar-refractivity contribution >= 4 is 17.5 Å². The minimum atomic E-state index is -0.853. The lowest BCUT2D eigenvalue weighted by Gasteiger charge is -2.38. The van der Waals surface area contributed by atoms with Crippen molar-refractivity contribution in [1.29, 1.82) is 0 Å². The summed E-state index contributed by atoms with van der Waals surface area (Å²) in [6.45, 7) is 0.372. The summed E-state index contributed by atoms with van der Waals surface area (Å²) >= 11 is 6.01. The Bertz CT molecular complexity index is 983. The van der Waals surface area contributed by atoms with Crippen LogP contribution in [0.5, 0.6) is 0 Å². The van der Waals surface area contributed by atoms with Crippen LogP contribution in [0.3, 0.4) is 0 Å². The molecule has 27 heavy (non-hydrogen) atoms. The van der Waals surface area contributed by atoms with E-state index in [-0.39, 0.29) is 0 Å². The average Bonchev–Trinajstić information content (AvgIpc) is 2.67. The van der Waals surface area contributed by atoms with Crippen molar-refractivity contribution in [1.82, 2.24) is 4.90 Å². The van der Waals surface area contributed by atoms with Crippen molar-refractivity contribution in [2.75, 3.05) is 6.54 Å². The first-order chi connectivity index (χ1) is 13.1. The molecule has 2 nitrogen and oxygen atoms in total. The Kier molecular flexibility index (Phi) is 4.66. The molecule has 0 fully saturated rings. The molecule has 1 aliphatic rings. The molecule has 1 heterocycles. The molecule has 1 atom stereocenters. The molecule has 0 unspecified atom stereocenters. The van der Waals surface area contributed by atoms with Crippen molar-refractivity contribution < 1.29 is 13.6 Å². The van der Waals surface area contributed by atoms with Crippen LogP contribution in [0.1, 0.15) is 33.1 Å². The molecule has 1 amide bonds. The van der Waals surface area contributed by atoms with Crippen molar-refractivity contribution in [3.8, 4) is 0 Å². The molecule has 136 valence electrons. The minimum absolute atomic E-state index is 0.372. The summed E-state index contributed by atoms with van der Waals surface area (Å²) in [6.07, 6.45) is 0.627. The second kappa shape index (κ2) is 7.12. The van der Waals surface area contributed by atoms with E-state index in [4.69, 9.17) is 11.6 Å². The van der Waals surface area contributed by atoms with Gasteiger partial charge in [0.25, 0.3) is 5.91 Å². The van der Waals surface area contributed by atoms with Gasteiger partial charge < -0.3 is 4.90 Å². The van der Waals surface area contributed by atoms with E-state index in [1.54, 1.807) is 12.1 Å². The fourth-order valence-electron chi connectivity index (χ4n) is 3.64. The zero-order valence-electron chi connectivity index (χ0n) is 14.3. The van der Waals surface area contributed by atoms with E-state index < -0.39 is 29.1 Å². The van der Waals surface area contributed by atoms with Crippen LogP contribution in [0.25, 0.3) is 0 Å². The van der Waals surface area contributed by atoms with Crippen LogP contribution in [0.15, 0.2) is 66.7 Å². The Morgan fingerprint density at radius 3 is 2.30 bits per heavy atom. The van der Waals surface area contributed by atoms with Crippen LogP contribution in [-0.2, 0) is 6.42 Å². The molecular weight excluding hydrogens is 368 g/mol. The van der Waals surface area contributed by atoms with E-state index in [2.05, 4.69) is 0 Å². The maximum Gasteiger partial charge on any atom is 0.260 e. The molecule has 0 saturated carbocycles. The predicted molar refractivity (Wildman–Crippen MR) is 101 cm³/mol. The molecule has 0 aromatic heterocycles. The van der Waals surface area contributed by atoms with E-state index in [0.717, 1.165) is 28.8 Å². The lowest BCUT2D eigenvalue weighted by Crippen LogP contribution is -2.41. The highest BCUT2D eigenvalue weighted by Gasteiger charge is 2.34. The van der Waals surface area contributed by atoms with Crippen LogP contribution in [0.2, 0.25) is 5.02 Å². The topological polar surface area (TPSA) is 20.3 Å². The summed E-state index contributed by atoms with van der Waals surface area (Å²) in [5.74, 6) is -2.36. The standard InChI is InChI=1S/C22H16ClF2NO/c23-16-10-8-15(9-11-16)21-17-5-2-1-4-14(17)12-13-26(21)22(27)20-18(24)6-3-7-19(20)25/h1-11,21H,12-13H2/t21-/m0/s1. The smallest absolute Gasteiger partial charge is 0.260 e. The lowest BCUT2D eigenvalue weighted by molar-refractivity contribution is 0.0684. The first-order valence-electron chi connectivity index (χ1n) is 8.64. The SMILES string of the molecule is O=C(c1c(F)cccc1F)N1CCc2ccccc2[C@@H]1c1ccc(Cl)cc1. The number of halogens is 3. The van der Waals surface area contributed by atoms with Crippen LogP contribution < -0.4 is 0 Å². The maximum absolute atomic E-state index is 14.2. The number of nitrogens with zero attached hydrogens (tertiary/aromatic N) is 1. The maximum atomic E-state index is 14.2. The van der Waals surface area contributed by atoms with Gasteiger partial charge in [0, 0.05) is 11.6 Å². The fourth-order valence-corrected chi connectivity index (χ4v) is 3.76. The summed E-state index contributed by atoms with van der Waals surface area (Å²) in [6, 6.07) is 18.0. The molecule has 3 aromatic rings. The van der Waals surface area contributed by atoms with Gasteiger partial charge in [-0.2, -0.15) is 0 Å². The summed E-state index contributed by atoms with van der Waals surface area (Å²) in [5, 5.41) is 0.584. The van der Waals surface area contributed by atoms with Crippen LogP contribution in [0.4, 0.5) is 8.78 Å². The average molecular weight is 384 g/mol.